The average molecular weight is 246 g/mol. The predicted molar refractivity (Wildman–Crippen MR) is 55.9 cm³/mol. The van der Waals surface area contributed by atoms with Crippen molar-refractivity contribution in [3.63, 3.8) is 0 Å². The van der Waals surface area contributed by atoms with E-state index in [0.29, 0.717) is 18.9 Å². The first kappa shape index (κ1) is 11.5. The van der Waals surface area contributed by atoms with Gasteiger partial charge in [0.15, 0.2) is 0 Å². The van der Waals surface area contributed by atoms with Gasteiger partial charge in [-0.3, -0.25) is 0 Å². The van der Waals surface area contributed by atoms with Gasteiger partial charge in [-0.25, -0.2) is 8.42 Å². The zero-order chi connectivity index (χ0) is 11.6. The first-order valence-corrected chi connectivity index (χ1v) is 6.70. The van der Waals surface area contributed by atoms with Crippen LogP contribution in [0.3, 0.4) is 0 Å². The highest BCUT2D eigenvalue weighted by Crippen LogP contribution is 2.14. The fourth-order valence-corrected chi connectivity index (χ4v) is 3.08. The molecule has 0 bridgehead atoms. The van der Waals surface area contributed by atoms with E-state index >= 15 is 0 Å². The number of aromatic nitrogens is 3. The molecule has 1 aromatic rings. The van der Waals surface area contributed by atoms with Crippen molar-refractivity contribution in [1.82, 2.24) is 19.1 Å². The summed E-state index contributed by atoms with van der Waals surface area (Å²) in [7, 11) is -3.27. The summed E-state index contributed by atoms with van der Waals surface area (Å²) in [6, 6.07) is 0. The Balaban J connectivity index is 2.08. The standard InChI is InChI=1S/C8H14N4O3S/c13-4-1-5-16(14,15)12-3-2-11-7-9-10-8(11)6-12/h7,13H,1-6H2. The van der Waals surface area contributed by atoms with Crippen molar-refractivity contribution in [2.45, 2.75) is 19.5 Å². The van der Waals surface area contributed by atoms with Gasteiger partial charge in [-0.05, 0) is 6.42 Å². The lowest BCUT2D eigenvalue weighted by Gasteiger charge is -2.26. The van der Waals surface area contributed by atoms with Gasteiger partial charge in [0.05, 0.1) is 12.3 Å². The summed E-state index contributed by atoms with van der Waals surface area (Å²) in [5, 5.41) is 16.2. The van der Waals surface area contributed by atoms with Crippen molar-refractivity contribution in [3.8, 4) is 0 Å². The second-order valence-corrected chi connectivity index (χ2v) is 5.76. The maximum Gasteiger partial charge on any atom is 0.214 e. The topological polar surface area (TPSA) is 88.3 Å². The lowest BCUT2D eigenvalue weighted by molar-refractivity contribution is 0.291. The molecule has 0 aliphatic carbocycles. The van der Waals surface area contributed by atoms with Gasteiger partial charge in [0.25, 0.3) is 0 Å². The molecular weight excluding hydrogens is 232 g/mol. The Hall–Kier alpha value is -0.990. The van der Waals surface area contributed by atoms with Gasteiger partial charge in [-0.2, -0.15) is 4.31 Å². The molecule has 0 unspecified atom stereocenters. The summed E-state index contributed by atoms with van der Waals surface area (Å²) in [5.41, 5.74) is 0. The van der Waals surface area contributed by atoms with E-state index in [1.807, 2.05) is 4.57 Å². The lowest BCUT2D eigenvalue weighted by atomic mass is 10.4. The fourth-order valence-electron chi connectivity index (χ4n) is 1.66. The average Bonchev–Trinajstić information content (AvgIpc) is 2.73. The van der Waals surface area contributed by atoms with Crippen molar-refractivity contribution in [2.24, 2.45) is 0 Å². The molecule has 1 aromatic heterocycles. The predicted octanol–water partition coefficient (Wildman–Crippen LogP) is -1.19. The molecule has 0 spiro atoms. The van der Waals surface area contributed by atoms with Gasteiger partial charge >= 0.3 is 0 Å². The van der Waals surface area contributed by atoms with E-state index in [-0.39, 0.29) is 25.3 Å². The zero-order valence-corrected chi connectivity index (χ0v) is 9.60. The molecule has 0 fully saturated rings. The summed E-state index contributed by atoms with van der Waals surface area (Å²) < 4.78 is 26.9. The quantitative estimate of drug-likeness (QED) is 0.721. The summed E-state index contributed by atoms with van der Waals surface area (Å²) in [5.74, 6) is 0.649. The van der Waals surface area contributed by atoms with Crippen LogP contribution in [-0.4, -0.2) is 51.5 Å². The zero-order valence-electron chi connectivity index (χ0n) is 8.78. The molecule has 90 valence electrons. The van der Waals surface area contributed by atoms with Gasteiger partial charge in [0.2, 0.25) is 10.0 Å². The SMILES string of the molecule is O=S(=O)(CCCO)N1CCn2cnnc2C1. The van der Waals surface area contributed by atoms with Crippen LogP contribution in [0, 0.1) is 0 Å². The van der Waals surface area contributed by atoms with Gasteiger partial charge in [0, 0.05) is 19.7 Å². The minimum atomic E-state index is -3.27. The Morgan fingerprint density at radius 1 is 1.44 bits per heavy atom. The molecule has 0 radical (unpaired) electrons. The monoisotopic (exact) mass is 246 g/mol. The third-order valence-electron chi connectivity index (χ3n) is 2.56. The lowest BCUT2D eigenvalue weighted by Crippen LogP contribution is -2.39. The van der Waals surface area contributed by atoms with E-state index in [1.54, 1.807) is 6.33 Å². The molecule has 0 saturated heterocycles. The van der Waals surface area contributed by atoms with Gasteiger partial charge in [0.1, 0.15) is 12.2 Å². The molecule has 1 aliphatic rings. The number of sulfonamides is 1. The normalized spacial score (nSPS) is 17.3. The highest BCUT2D eigenvalue weighted by atomic mass is 32.2. The number of rotatable bonds is 4. The van der Waals surface area contributed by atoms with Gasteiger partial charge < -0.3 is 9.67 Å². The molecule has 0 aromatic carbocycles. The van der Waals surface area contributed by atoms with E-state index in [9.17, 15) is 8.42 Å². The number of hydrogen-bond donors (Lipinski definition) is 1. The third-order valence-corrected chi connectivity index (χ3v) is 4.46. The van der Waals surface area contributed by atoms with E-state index in [2.05, 4.69) is 10.2 Å². The minimum absolute atomic E-state index is 0.0162. The smallest absolute Gasteiger partial charge is 0.214 e. The Labute approximate surface area is 93.8 Å². The Morgan fingerprint density at radius 3 is 3.00 bits per heavy atom. The number of fused-ring (bicyclic) bond motifs is 1. The van der Waals surface area contributed by atoms with Crippen molar-refractivity contribution in [1.29, 1.82) is 0 Å². The molecule has 16 heavy (non-hydrogen) atoms. The molecule has 1 N–H and O–H groups in total. The van der Waals surface area contributed by atoms with Gasteiger partial charge in [-0.1, -0.05) is 0 Å². The molecule has 0 atom stereocenters. The summed E-state index contributed by atoms with van der Waals surface area (Å²) in [4.78, 5) is 0. The van der Waals surface area contributed by atoms with Crippen LogP contribution in [0.4, 0.5) is 0 Å². The molecule has 0 saturated carbocycles. The summed E-state index contributed by atoms with van der Waals surface area (Å²) in [6.07, 6.45) is 1.87. The third kappa shape index (κ3) is 2.23. The first-order chi connectivity index (χ1) is 7.63. The molecule has 2 rings (SSSR count). The molecule has 2 heterocycles. The molecule has 0 amide bonds. The Kier molecular flexibility index (Phi) is 3.22. The maximum absolute atomic E-state index is 11.8. The van der Waals surface area contributed by atoms with Crippen LogP contribution < -0.4 is 0 Å². The second kappa shape index (κ2) is 4.48. The van der Waals surface area contributed by atoms with Gasteiger partial charge in [-0.15, -0.1) is 10.2 Å². The first-order valence-electron chi connectivity index (χ1n) is 5.09. The summed E-state index contributed by atoms with van der Waals surface area (Å²) >= 11 is 0. The maximum atomic E-state index is 11.8. The molecular formula is C8H14N4O3S. The van der Waals surface area contributed by atoms with E-state index in [4.69, 9.17) is 5.11 Å². The van der Waals surface area contributed by atoms with E-state index < -0.39 is 10.0 Å². The number of aliphatic hydroxyl groups is 1. The Morgan fingerprint density at radius 2 is 2.25 bits per heavy atom. The van der Waals surface area contributed by atoms with Crippen LogP contribution in [-0.2, 0) is 23.1 Å². The van der Waals surface area contributed by atoms with Crippen LogP contribution in [0.15, 0.2) is 6.33 Å². The number of hydrogen-bond acceptors (Lipinski definition) is 5. The molecule has 7 nitrogen and oxygen atoms in total. The van der Waals surface area contributed by atoms with Crippen molar-refractivity contribution in [3.05, 3.63) is 12.2 Å². The van der Waals surface area contributed by atoms with Crippen molar-refractivity contribution >= 4 is 10.0 Å². The van der Waals surface area contributed by atoms with Crippen LogP contribution >= 0.6 is 0 Å². The van der Waals surface area contributed by atoms with E-state index in [1.165, 1.54) is 4.31 Å². The minimum Gasteiger partial charge on any atom is -0.396 e. The Bertz CT molecular complexity index is 456. The second-order valence-electron chi connectivity index (χ2n) is 3.67. The number of nitrogens with zero attached hydrogens (tertiary/aromatic N) is 4. The van der Waals surface area contributed by atoms with Crippen LogP contribution in [0.1, 0.15) is 12.2 Å². The number of aliphatic hydroxyl groups excluding tert-OH is 1. The fraction of sp³-hybridized carbons (Fsp3) is 0.750. The van der Waals surface area contributed by atoms with Crippen molar-refractivity contribution in [2.75, 3.05) is 18.9 Å². The highest BCUT2D eigenvalue weighted by molar-refractivity contribution is 7.89. The highest BCUT2D eigenvalue weighted by Gasteiger charge is 2.26. The largest absolute Gasteiger partial charge is 0.396 e. The summed E-state index contributed by atoms with van der Waals surface area (Å²) in [6.45, 7) is 1.19. The molecule has 1 aliphatic heterocycles. The van der Waals surface area contributed by atoms with Crippen molar-refractivity contribution < 1.29 is 13.5 Å². The molecule has 8 heteroatoms. The van der Waals surface area contributed by atoms with Crippen LogP contribution in [0.5, 0.6) is 0 Å². The van der Waals surface area contributed by atoms with Crippen LogP contribution in [0.2, 0.25) is 0 Å². The van der Waals surface area contributed by atoms with Crippen LogP contribution in [0.25, 0.3) is 0 Å². The van der Waals surface area contributed by atoms with E-state index in [0.717, 1.165) is 0 Å².